The quantitative estimate of drug-likeness (QED) is 0.708. The summed E-state index contributed by atoms with van der Waals surface area (Å²) in [7, 11) is 0. The van der Waals surface area contributed by atoms with Gasteiger partial charge < -0.3 is 10.1 Å². The minimum atomic E-state index is -0.0493. The van der Waals surface area contributed by atoms with Gasteiger partial charge in [0.2, 0.25) is 0 Å². The van der Waals surface area contributed by atoms with Crippen molar-refractivity contribution in [2.45, 2.75) is 32.8 Å². The molecule has 3 nitrogen and oxygen atoms in total. The Morgan fingerprint density at radius 3 is 2.42 bits per heavy atom. The topological polar surface area (TPSA) is 38.3 Å². The van der Waals surface area contributed by atoms with Crippen molar-refractivity contribution >= 4 is 37.8 Å². The third-order valence-corrected chi connectivity index (χ3v) is 3.35. The maximum atomic E-state index is 11.9. The third-order valence-electron chi connectivity index (χ3n) is 2.43. The molecule has 0 fully saturated rings. The summed E-state index contributed by atoms with van der Waals surface area (Å²) >= 11 is 6.74. The average molecular weight is 393 g/mol. The fraction of sp³-hybridized carbons (Fsp3) is 0.500. The minimum absolute atomic E-state index is 0.0493. The van der Waals surface area contributed by atoms with Crippen LogP contribution in [0.5, 0.6) is 0 Å². The molecule has 1 aromatic rings. The highest BCUT2D eigenvalue weighted by molar-refractivity contribution is 9.11. The standard InChI is InChI=1S/C14H19Br2NO2/c1-10(2)19-6-4-3-5-17-14(18)11-7-12(15)9-13(16)8-11/h7-10H,3-6H2,1-2H3,(H,17,18). The van der Waals surface area contributed by atoms with E-state index >= 15 is 0 Å². The predicted molar refractivity (Wildman–Crippen MR) is 84.5 cm³/mol. The lowest BCUT2D eigenvalue weighted by atomic mass is 10.2. The normalized spacial score (nSPS) is 10.8. The summed E-state index contributed by atoms with van der Waals surface area (Å²) in [6.45, 7) is 5.46. The van der Waals surface area contributed by atoms with E-state index in [1.807, 2.05) is 32.0 Å². The van der Waals surface area contributed by atoms with Gasteiger partial charge in [0.25, 0.3) is 5.91 Å². The summed E-state index contributed by atoms with van der Waals surface area (Å²) in [6.07, 6.45) is 2.16. The van der Waals surface area contributed by atoms with Crippen LogP contribution in [0.4, 0.5) is 0 Å². The van der Waals surface area contributed by atoms with Gasteiger partial charge in [0.15, 0.2) is 0 Å². The average Bonchev–Trinajstić information content (AvgIpc) is 2.31. The van der Waals surface area contributed by atoms with E-state index in [1.165, 1.54) is 0 Å². The van der Waals surface area contributed by atoms with E-state index in [1.54, 1.807) is 0 Å². The molecule has 0 heterocycles. The van der Waals surface area contributed by atoms with E-state index in [2.05, 4.69) is 37.2 Å². The molecule has 0 bridgehead atoms. The van der Waals surface area contributed by atoms with Crippen LogP contribution in [0.1, 0.15) is 37.0 Å². The van der Waals surface area contributed by atoms with Crippen molar-refractivity contribution in [3.8, 4) is 0 Å². The van der Waals surface area contributed by atoms with Crippen molar-refractivity contribution in [1.82, 2.24) is 5.32 Å². The number of carbonyl (C=O) groups excluding carboxylic acids is 1. The van der Waals surface area contributed by atoms with Gasteiger partial charge in [-0.25, -0.2) is 0 Å². The molecule has 0 atom stereocenters. The van der Waals surface area contributed by atoms with Crippen molar-refractivity contribution < 1.29 is 9.53 Å². The van der Waals surface area contributed by atoms with Crippen LogP contribution >= 0.6 is 31.9 Å². The summed E-state index contributed by atoms with van der Waals surface area (Å²) < 4.78 is 7.21. The van der Waals surface area contributed by atoms with E-state index in [4.69, 9.17) is 4.74 Å². The zero-order valence-corrected chi connectivity index (χ0v) is 14.4. The number of carbonyl (C=O) groups is 1. The largest absolute Gasteiger partial charge is 0.379 e. The highest BCUT2D eigenvalue weighted by Gasteiger charge is 2.06. The van der Waals surface area contributed by atoms with E-state index in [0.717, 1.165) is 28.4 Å². The second-order valence-corrected chi connectivity index (χ2v) is 6.37. The Balaban J connectivity index is 2.27. The fourth-order valence-electron chi connectivity index (χ4n) is 1.54. The number of amides is 1. The number of hydrogen-bond acceptors (Lipinski definition) is 2. The maximum absolute atomic E-state index is 11.9. The number of nitrogens with one attached hydrogen (secondary N) is 1. The molecule has 0 spiro atoms. The Morgan fingerprint density at radius 1 is 1.21 bits per heavy atom. The molecule has 0 aliphatic rings. The molecule has 1 aromatic carbocycles. The van der Waals surface area contributed by atoms with Crippen molar-refractivity contribution in [1.29, 1.82) is 0 Å². The molecule has 0 unspecified atom stereocenters. The van der Waals surface area contributed by atoms with Crippen LogP contribution in [-0.2, 0) is 4.74 Å². The van der Waals surface area contributed by atoms with E-state index in [-0.39, 0.29) is 12.0 Å². The van der Waals surface area contributed by atoms with Crippen LogP contribution in [0.2, 0.25) is 0 Å². The van der Waals surface area contributed by atoms with Crippen LogP contribution < -0.4 is 5.32 Å². The Morgan fingerprint density at radius 2 is 1.84 bits per heavy atom. The highest BCUT2D eigenvalue weighted by atomic mass is 79.9. The molecule has 0 aromatic heterocycles. The predicted octanol–water partition coefficient (Wildman–Crippen LogP) is 4.15. The Bertz CT molecular complexity index is 402. The summed E-state index contributed by atoms with van der Waals surface area (Å²) in [4.78, 5) is 11.9. The number of halogens is 2. The first-order valence-corrected chi connectivity index (χ1v) is 7.93. The molecular weight excluding hydrogens is 374 g/mol. The zero-order chi connectivity index (χ0) is 14.3. The Hall–Kier alpha value is -0.390. The van der Waals surface area contributed by atoms with Gasteiger partial charge in [-0.1, -0.05) is 31.9 Å². The lowest BCUT2D eigenvalue weighted by Crippen LogP contribution is -2.24. The summed E-state index contributed by atoms with van der Waals surface area (Å²) in [5.41, 5.74) is 0.652. The van der Waals surface area contributed by atoms with Gasteiger partial charge in [-0.2, -0.15) is 0 Å². The summed E-state index contributed by atoms with van der Waals surface area (Å²) in [5, 5.41) is 2.91. The number of unbranched alkanes of at least 4 members (excludes halogenated alkanes) is 1. The first-order valence-electron chi connectivity index (χ1n) is 6.35. The maximum Gasteiger partial charge on any atom is 0.251 e. The minimum Gasteiger partial charge on any atom is -0.379 e. The van der Waals surface area contributed by atoms with Crippen LogP contribution in [0.15, 0.2) is 27.1 Å². The molecular formula is C14H19Br2NO2. The third kappa shape index (κ3) is 7.09. The Kier molecular flexibility index (Phi) is 7.64. The molecule has 0 aliphatic carbocycles. The number of ether oxygens (including phenoxy) is 1. The molecule has 0 saturated heterocycles. The SMILES string of the molecule is CC(C)OCCCCNC(=O)c1cc(Br)cc(Br)c1. The molecule has 1 rings (SSSR count). The van der Waals surface area contributed by atoms with Crippen LogP contribution in [0, 0.1) is 0 Å². The van der Waals surface area contributed by atoms with E-state index < -0.39 is 0 Å². The zero-order valence-electron chi connectivity index (χ0n) is 11.2. The van der Waals surface area contributed by atoms with Gasteiger partial charge in [-0.15, -0.1) is 0 Å². The molecule has 0 aliphatic heterocycles. The van der Waals surface area contributed by atoms with Crippen LogP contribution in [0.3, 0.4) is 0 Å². The molecule has 5 heteroatoms. The van der Waals surface area contributed by atoms with Crippen molar-refractivity contribution in [3.63, 3.8) is 0 Å². The van der Waals surface area contributed by atoms with Crippen LogP contribution in [0.25, 0.3) is 0 Å². The number of hydrogen-bond donors (Lipinski definition) is 1. The molecule has 19 heavy (non-hydrogen) atoms. The molecule has 0 saturated carbocycles. The molecule has 0 radical (unpaired) electrons. The first kappa shape index (κ1) is 16.7. The summed E-state index contributed by atoms with van der Waals surface area (Å²) in [6, 6.07) is 5.52. The molecule has 1 N–H and O–H groups in total. The van der Waals surface area contributed by atoms with E-state index in [9.17, 15) is 4.79 Å². The Labute approximate surface area is 131 Å². The molecule has 1 amide bonds. The monoisotopic (exact) mass is 391 g/mol. The lowest BCUT2D eigenvalue weighted by Gasteiger charge is -2.08. The second kappa shape index (κ2) is 8.72. The molecule has 106 valence electrons. The van der Waals surface area contributed by atoms with Gasteiger partial charge in [-0.05, 0) is 44.9 Å². The summed E-state index contributed by atoms with van der Waals surface area (Å²) in [5.74, 6) is -0.0493. The van der Waals surface area contributed by atoms with Gasteiger partial charge in [0, 0.05) is 27.7 Å². The van der Waals surface area contributed by atoms with Gasteiger partial charge in [0.05, 0.1) is 6.10 Å². The van der Waals surface area contributed by atoms with Gasteiger partial charge in [0.1, 0.15) is 0 Å². The van der Waals surface area contributed by atoms with Crippen molar-refractivity contribution in [2.24, 2.45) is 0 Å². The lowest BCUT2D eigenvalue weighted by molar-refractivity contribution is 0.0754. The van der Waals surface area contributed by atoms with Gasteiger partial charge >= 0.3 is 0 Å². The van der Waals surface area contributed by atoms with Gasteiger partial charge in [-0.3, -0.25) is 4.79 Å². The highest BCUT2D eigenvalue weighted by Crippen LogP contribution is 2.19. The van der Waals surface area contributed by atoms with E-state index in [0.29, 0.717) is 12.1 Å². The fourth-order valence-corrected chi connectivity index (χ4v) is 2.83. The number of rotatable bonds is 7. The van der Waals surface area contributed by atoms with Crippen molar-refractivity contribution in [2.75, 3.05) is 13.2 Å². The number of benzene rings is 1. The van der Waals surface area contributed by atoms with Crippen molar-refractivity contribution in [3.05, 3.63) is 32.7 Å². The second-order valence-electron chi connectivity index (χ2n) is 4.54. The first-order chi connectivity index (χ1) is 8.99. The van der Waals surface area contributed by atoms with Crippen LogP contribution in [-0.4, -0.2) is 25.2 Å². The smallest absolute Gasteiger partial charge is 0.251 e.